The lowest BCUT2D eigenvalue weighted by molar-refractivity contribution is 0.0523. The van der Waals surface area contributed by atoms with Crippen molar-refractivity contribution in [3.8, 4) is 0 Å². The van der Waals surface area contributed by atoms with E-state index in [0.29, 0.717) is 16.3 Å². The van der Waals surface area contributed by atoms with Gasteiger partial charge in [-0.3, -0.25) is 5.32 Å². The Hall–Kier alpha value is -1.95. The van der Waals surface area contributed by atoms with Gasteiger partial charge < -0.3 is 14.8 Å². The number of halogens is 1. The van der Waals surface area contributed by atoms with Crippen LogP contribution in [0.2, 0.25) is 5.02 Å². The van der Waals surface area contributed by atoms with Crippen LogP contribution in [0.5, 0.6) is 0 Å². The predicted octanol–water partition coefficient (Wildman–Crippen LogP) is 3.54. The SMILES string of the molecule is COC(=O)Nc1ccc(Cl)cc1CNC(=O)OC(C)(C)C. The number of benzene rings is 1. The van der Waals surface area contributed by atoms with Crippen LogP contribution in [0.15, 0.2) is 18.2 Å². The molecule has 0 atom stereocenters. The van der Waals surface area contributed by atoms with Gasteiger partial charge in [0.1, 0.15) is 5.60 Å². The normalized spacial score (nSPS) is 10.7. The number of carbonyl (C=O) groups is 2. The summed E-state index contributed by atoms with van der Waals surface area (Å²) in [4.78, 5) is 22.9. The van der Waals surface area contributed by atoms with Crippen LogP contribution in [0.1, 0.15) is 26.3 Å². The molecule has 1 aromatic rings. The van der Waals surface area contributed by atoms with Crippen molar-refractivity contribution in [2.24, 2.45) is 0 Å². The monoisotopic (exact) mass is 314 g/mol. The summed E-state index contributed by atoms with van der Waals surface area (Å²) in [7, 11) is 1.27. The molecule has 1 aromatic carbocycles. The molecule has 0 aliphatic rings. The molecule has 0 aromatic heterocycles. The second kappa shape index (κ2) is 7.17. The summed E-state index contributed by atoms with van der Waals surface area (Å²) in [5.74, 6) is 0. The molecule has 1 rings (SSSR count). The predicted molar refractivity (Wildman–Crippen MR) is 80.6 cm³/mol. The molecule has 0 saturated heterocycles. The molecule has 6 nitrogen and oxygen atoms in total. The zero-order valence-electron chi connectivity index (χ0n) is 12.5. The average Bonchev–Trinajstić information content (AvgIpc) is 2.36. The molecule has 2 amide bonds. The third kappa shape index (κ3) is 6.35. The fraction of sp³-hybridized carbons (Fsp3) is 0.429. The van der Waals surface area contributed by atoms with Gasteiger partial charge in [-0.25, -0.2) is 9.59 Å². The maximum absolute atomic E-state index is 11.6. The highest BCUT2D eigenvalue weighted by Gasteiger charge is 2.16. The zero-order chi connectivity index (χ0) is 16.0. The van der Waals surface area contributed by atoms with Crippen molar-refractivity contribution in [3.05, 3.63) is 28.8 Å². The van der Waals surface area contributed by atoms with Crippen LogP contribution in [0.25, 0.3) is 0 Å². The van der Waals surface area contributed by atoms with E-state index in [1.807, 2.05) is 0 Å². The van der Waals surface area contributed by atoms with Crippen LogP contribution >= 0.6 is 11.6 Å². The number of ether oxygens (including phenoxy) is 2. The summed E-state index contributed by atoms with van der Waals surface area (Å²) in [5.41, 5.74) is 0.562. The highest BCUT2D eigenvalue weighted by molar-refractivity contribution is 6.30. The zero-order valence-corrected chi connectivity index (χ0v) is 13.2. The molecule has 0 saturated carbocycles. The van der Waals surface area contributed by atoms with Gasteiger partial charge in [-0.15, -0.1) is 0 Å². The van der Waals surface area contributed by atoms with E-state index in [-0.39, 0.29) is 6.54 Å². The standard InChI is InChI=1S/C14H19ClN2O4/c1-14(2,3)21-12(18)16-8-9-7-10(15)5-6-11(9)17-13(19)20-4/h5-7H,8H2,1-4H3,(H,16,18)(H,17,19). The number of rotatable bonds is 3. The van der Waals surface area contributed by atoms with Gasteiger partial charge in [0.15, 0.2) is 0 Å². The van der Waals surface area contributed by atoms with Crippen molar-refractivity contribution < 1.29 is 19.1 Å². The number of amides is 2. The molecule has 0 aliphatic heterocycles. The lowest BCUT2D eigenvalue weighted by atomic mass is 10.1. The van der Waals surface area contributed by atoms with Gasteiger partial charge in [-0.05, 0) is 44.5 Å². The Morgan fingerprint density at radius 2 is 1.90 bits per heavy atom. The minimum atomic E-state index is -0.601. The van der Waals surface area contributed by atoms with Gasteiger partial charge >= 0.3 is 12.2 Å². The van der Waals surface area contributed by atoms with Gasteiger partial charge in [-0.1, -0.05) is 11.6 Å². The number of anilines is 1. The van der Waals surface area contributed by atoms with Crippen LogP contribution in [-0.2, 0) is 16.0 Å². The molecule has 2 N–H and O–H groups in total. The van der Waals surface area contributed by atoms with Gasteiger partial charge in [0.25, 0.3) is 0 Å². The molecule has 0 radical (unpaired) electrons. The molecule has 0 aliphatic carbocycles. The Morgan fingerprint density at radius 1 is 1.24 bits per heavy atom. The Kier molecular flexibility index (Phi) is 5.84. The average molecular weight is 315 g/mol. The topological polar surface area (TPSA) is 76.7 Å². The van der Waals surface area contributed by atoms with Crippen molar-refractivity contribution in [1.82, 2.24) is 5.32 Å². The molecule has 7 heteroatoms. The molecular weight excluding hydrogens is 296 g/mol. The summed E-state index contributed by atoms with van der Waals surface area (Å²) in [5, 5.41) is 5.64. The highest BCUT2D eigenvalue weighted by atomic mass is 35.5. The van der Waals surface area contributed by atoms with Crippen LogP contribution < -0.4 is 10.6 Å². The number of alkyl carbamates (subject to hydrolysis) is 1. The number of hydrogen-bond donors (Lipinski definition) is 2. The van der Waals surface area contributed by atoms with E-state index in [1.54, 1.807) is 39.0 Å². The summed E-state index contributed by atoms with van der Waals surface area (Å²) in [6, 6.07) is 4.90. The summed E-state index contributed by atoms with van der Waals surface area (Å²) in [6.07, 6.45) is -1.15. The van der Waals surface area contributed by atoms with Gasteiger partial charge in [0.05, 0.1) is 7.11 Å². The van der Waals surface area contributed by atoms with Crippen molar-refractivity contribution in [3.63, 3.8) is 0 Å². The molecular formula is C14H19ClN2O4. The van der Waals surface area contributed by atoms with E-state index in [0.717, 1.165) is 0 Å². The first-order valence-corrected chi connectivity index (χ1v) is 6.69. The first kappa shape index (κ1) is 17.1. The molecule has 0 heterocycles. The lowest BCUT2D eigenvalue weighted by Gasteiger charge is -2.20. The van der Waals surface area contributed by atoms with E-state index < -0.39 is 17.8 Å². The first-order valence-electron chi connectivity index (χ1n) is 6.31. The van der Waals surface area contributed by atoms with Gasteiger partial charge in [-0.2, -0.15) is 0 Å². The van der Waals surface area contributed by atoms with E-state index in [4.69, 9.17) is 16.3 Å². The maximum Gasteiger partial charge on any atom is 0.411 e. The number of carbonyl (C=O) groups excluding carboxylic acids is 2. The number of methoxy groups -OCH3 is 1. The van der Waals surface area contributed by atoms with Crippen molar-refractivity contribution in [2.45, 2.75) is 32.9 Å². The highest BCUT2D eigenvalue weighted by Crippen LogP contribution is 2.21. The van der Waals surface area contributed by atoms with Gasteiger partial charge in [0.2, 0.25) is 0 Å². The Balaban J connectivity index is 2.75. The van der Waals surface area contributed by atoms with Crippen LogP contribution in [0, 0.1) is 0 Å². The van der Waals surface area contributed by atoms with Crippen molar-refractivity contribution in [2.75, 3.05) is 12.4 Å². The Labute approximate surface area is 128 Å². The maximum atomic E-state index is 11.6. The third-order valence-electron chi connectivity index (χ3n) is 2.31. The Bertz CT molecular complexity index is 526. The smallest absolute Gasteiger partial charge is 0.411 e. The first-order chi connectivity index (χ1) is 9.71. The molecule has 0 unspecified atom stereocenters. The minimum absolute atomic E-state index is 0.162. The number of nitrogens with one attached hydrogen (secondary N) is 2. The van der Waals surface area contributed by atoms with E-state index in [2.05, 4.69) is 15.4 Å². The van der Waals surface area contributed by atoms with Gasteiger partial charge in [0, 0.05) is 17.3 Å². The molecule has 116 valence electrons. The van der Waals surface area contributed by atoms with Crippen molar-refractivity contribution in [1.29, 1.82) is 0 Å². The number of hydrogen-bond acceptors (Lipinski definition) is 4. The summed E-state index contributed by atoms with van der Waals surface area (Å²) >= 11 is 5.92. The molecule has 0 bridgehead atoms. The quantitative estimate of drug-likeness (QED) is 0.894. The largest absolute Gasteiger partial charge is 0.453 e. The van der Waals surface area contributed by atoms with E-state index in [9.17, 15) is 9.59 Å². The Morgan fingerprint density at radius 3 is 2.48 bits per heavy atom. The fourth-order valence-electron chi connectivity index (χ4n) is 1.47. The lowest BCUT2D eigenvalue weighted by Crippen LogP contribution is -2.32. The summed E-state index contributed by atoms with van der Waals surface area (Å²) < 4.78 is 9.67. The fourth-order valence-corrected chi connectivity index (χ4v) is 1.67. The third-order valence-corrected chi connectivity index (χ3v) is 2.55. The molecule has 0 spiro atoms. The second-order valence-electron chi connectivity index (χ2n) is 5.27. The van der Waals surface area contributed by atoms with Crippen LogP contribution in [-0.4, -0.2) is 24.9 Å². The summed E-state index contributed by atoms with van der Waals surface area (Å²) in [6.45, 7) is 5.48. The van der Waals surface area contributed by atoms with E-state index >= 15 is 0 Å². The molecule has 0 fully saturated rings. The van der Waals surface area contributed by atoms with E-state index in [1.165, 1.54) is 7.11 Å². The minimum Gasteiger partial charge on any atom is -0.453 e. The van der Waals surface area contributed by atoms with Crippen LogP contribution in [0.4, 0.5) is 15.3 Å². The second-order valence-corrected chi connectivity index (χ2v) is 5.71. The molecule has 21 heavy (non-hydrogen) atoms. The van der Waals surface area contributed by atoms with Crippen LogP contribution in [0.3, 0.4) is 0 Å². The van der Waals surface area contributed by atoms with Crippen molar-refractivity contribution >= 4 is 29.5 Å².